The van der Waals surface area contributed by atoms with Gasteiger partial charge in [-0.1, -0.05) is 66.2 Å². The molecule has 0 spiro atoms. The second-order valence-electron chi connectivity index (χ2n) is 6.71. The molecule has 0 amide bonds. The summed E-state index contributed by atoms with van der Waals surface area (Å²) in [5.74, 6) is -0.0509. The van der Waals surface area contributed by atoms with Gasteiger partial charge in [0.05, 0.1) is 4.92 Å². The van der Waals surface area contributed by atoms with Crippen molar-refractivity contribution in [2.24, 2.45) is 5.92 Å². The quantitative estimate of drug-likeness (QED) is 0.329. The lowest BCUT2D eigenvalue weighted by atomic mass is 10.0. The molecule has 0 aliphatic heterocycles. The predicted octanol–water partition coefficient (Wildman–Crippen LogP) is 5.63. The van der Waals surface area contributed by atoms with Crippen molar-refractivity contribution in [2.75, 3.05) is 0 Å². The Bertz CT molecular complexity index is 984. The molecule has 0 saturated heterocycles. The fraction of sp³-hybridized carbons (Fsp3) is 0.136. The molecule has 0 bridgehead atoms. The van der Waals surface area contributed by atoms with Gasteiger partial charge in [0, 0.05) is 40.5 Å². The lowest BCUT2D eigenvalue weighted by Crippen LogP contribution is -2.04. The largest absolute Gasteiger partial charge is 0.294 e. The van der Waals surface area contributed by atoms with E-state index in [0.717, 1.165) is 11.1 Å². The molecule has 3 aromatic rings. The Morgan fingerprint density at radius 3 is 1.85 bits per heavy atom. The summed E-state index contributed by atoms with van der Waals surface area (Å²) in [6, 6.07) is 23.3. The number of halogens is 1. The van der Waals surface area contributed by atoms with E-state index in [2.05, 4.69) is 0 Å². The van der Waals surface area contributed by atoms with Crippen LogP contribution in [0.25, 0.3) is 0 Å². The van der Waals surface area contributed by atoms with Crippen LogP contribution in [-0.2, 0) is 0 Å². The van der Waals surface area contributed by atoms with Crippen molar-refractivity contribution in [1.82, 2.24) is 0 Å². The molecule has 0 radical (unpaired) electrons. The second-order valence-corrected chi connectivity index (χ2v) is 7.14. The van der Waals surface area contributed by atoms with Crippen molar-refractivity contribution < 1.29 is 9.72 Å². The first-order valence-corrected chi connectivity index (χ1v) is 9.03. The van der Waals surface area contributed by atoms with E-state index in [0.29, 0.717) is 10.6 Å². The number of rotatable bonds is 5. The number of hydrogen-bond acceptors (Lipinski definition) is 3. The van der Waals surface area contributed by atoms with Crippen LogP contribution in [0.3, 0.4) is 0 Å². The summed E-state index contributed by atoms with van der Waals surface area (Å²) in [4.78, 5) is 23.6. The fourth-order valence-corrected chi connectivity index (χ4v) is 3.89. The minimum absolute atomic E-state index is 0.000291. The molecule has 3 atom stereocenters. The first-order valence-electron chi connectivity index (χ1n) is 8.65. The Balaban J connectivity index is 1.69. The fourth-order valence-electron chi connectivity index (χ4n) is 3.76. The smallest absolute Gasteiger partial charge is 0.269 e. The molecular weight excluding hydrogens is 362 g/mol. The standard InChI is InChI=1S/C22H16ClNO3/c23-17-10-6-14(7-11-17)19-20(15-8-12-18(13-9-15)24(26)27)21(19)22(25)16-4-2-1-3-5-16/h1-13,19-21H. The Morgan fingerprint density at radius 1 is 0.815 bits per heavy atom. The van der Waals surface area contributed by atoms with Crippen molar-refractivity contribution in [3.05, 3.63) is 111 Å². The van der Waals surface area contributed by atoms with E-state index in [9.17, 15) is 14.9 Å². The van der Waals surface area contributed by atoms with E-state index in [-0.39, 0.29) is 29.2 Å². The maximum atomic E-state index is 13.1. The third-order valence-electron chi connectivity index (χ3n) is 5.12. The molecular formula is C22H16ClNO3. The van der Waals surface area contributed by atoms with Crippen LogP contribution in [0, 0.1) is 16.0 Å². The Hall–Kier alpha value is -2.98. The first kappa shape index (κ1) is 17.4. The maximum Gasteiger partial charge on any atom is 0.269 e. The molecule has 1 aliphatic carbocycles. The third kappa shape index (κ3) is 3.36. The van der Waals surface area contributed by atoms with Gasteiger partial charge in [0.25, 0.3) is 5.69 Å². The lowest BCUT2D eigenvalue weighted by Gasteiger charge is -2.01. The highest BCUT2D eigenvalue weighted by Crippen LogP contribution is 2.61. The van der Waals surface area contributed by atoms with Gasteiger partial charge in [-0.2, -0.15) is 0 Å². The minimum Gasteiger partial charge on any atom is -0.294 e. The molecule has 4 rings (SSSR count). The van der Waals surface area contributed by atoms with Gasteiger partial charge < -0.3 is 0 Å². The molecule has 3 unspecified atom stereocenters. The molecule has 0 N–H and O–H groups in total. The summed E-state index contributed by atoms with van der Waals surface area (Å²) in [5.41, 5.74) is 2.73. The number of carbonyl (C=O) groups is 1. The van der Waals surface area contributed by atoms with Crippen molar-refractivity contribution >= 4 is 23.1 Å². The summed E-state index contributed by atoms with van der Waals surface area (Å²) in [5, 5.41) is 11.6. The van der Waals surface area contributed by atoms with Crippen molar-refractivity contribution in [3.63, 3.8) is 0 Å². The van der Waals surface area contributed by atoms with Gasteiger partial charge in [0.2, 0.25) is 0 Å². The number of non-ortho nitro benzene ring substituents is 1. The molecule has 1 saturated carbocycles. The monoisotopic (exact) mass is 377 g/mol. The van der Waals surface area contributed by atoms with Crippen LogP contribution in [0.1, 0.15) is 33.3 Å². The first-order chi connectivity index (χ1) is 13.1. The van der Waals surface area contributed by atoms with E-state index in [1.807, 2.05) is 54.6 Å². The summed E-state index contributed by atoms with van der Waals surface area (Å²) >= 11 is 6.00. The zero-order valence-electron chi connectivity index (χ0n) is 14.3. The SMILES string of the molecule is O=C(c1ccccc1)C1C(c2ccc(Cl)cc2)C1c1ccc([N+](=O)[O-])cc1. The van der Waals surface area contributed by atoms with Crippen LogP contribution in [0.4, 0.5) is 5.69 Å². The topological polar surface area (TPSA) is 60.2 Å². The molecule has 27 heavy (non-hydrogen) atoms. The van der Waals surface area contributed by atoms with Crippen LogP contribution in [0.15, 0.2) is 78.9 Å². The Labute approximate surface area is 161 Å². The zero-order chi connectivity index (χ0) is 19.0. The minimum atomic E-state index is -0.417. The molecule has 134 valence electrons. The summed E-state index contributed by atoms with van der Waals surface area (Å²) < 4.78 is 0. The molecule has 0 heterocycles. The normalized spacial score (nSPS) is 20.9. The van der Waals surface area contributed by atoms with Crippen LogP contribution in [0.5, 0.6) is 0 Å². The predicted molar refractivity (Wildman–Crippen MR) is 104 cm³/mol. The summed E-state index contributed by atoms with van der Waals surface area (Å²) in [6.07, 6.45) is 0. The second kappa shape index (κ2) is 6.97. The number of nitro benzene ring substituents is 1. The zero-order valence-corrected chi connectivity index (χ0v) is 15.0. The average Bonchev–Trinajstić information content (AvgIpc) is 3.44. The molecule has 3 aromatic carbocycles. The lowest BCUT2D eigenvalue weighted by molar-refractivity contribution is -0.384. The van der Waals surface area contributed by atoms with Crippen molar-refractivity contribution in [1.29, 1.82) is 0 Å². The average molecular weight is 378 g/mol. The van der Waals surface area contributed by atoms with Gasteiger partial charge in [0.15, 0.2) is 5.78 Å². The van der Waals surface area contributed by atoms with Gasteiger partial charge in [-0.05, 0) is 23.3 Å². The van der Waals surface area contributed by atoms with E-state index < -0.39 is 4.92 Å². The van der Waals surface area contributed by atoms with Crippen LogP contribution >= 0.6 is 11.6 Å². The number of benzene rings is 3. The number of hydrogen-bond donors (Lipinski definition) is 0. The number of Topliss-reactive ketones (excluding diaryl/α,β-unsaturated/α-hetero) is 1. The van der Waals surface area contributed by atoms with Gasteiger partial charge >= 0.3 is 0 Å². The maximum absolute atomic E-state index is 13.1. The van der Waals surface area contributed by atoms with Crippen LogP contribution in [-0.4, -0.2) is 10.7 Å². The van der Waals surface area contributed by atoms with Crippen LogP contribution in [0.2, 0.25) is 5.02 Å². The summed E-state index contributed by atoms with van der Waals surface area (Å²) in [6.45, 7) is 0. The molecule has 1 fully saturated rings. The number of nitro groups is 1. The number of carbonyl (C=O) groups excluding carboxylic acids is 1. The highest BCUT2D eigenvalue weighted by molar-refractivity contribution is 6.30. The highest BCUT2D eigenvalue weighted by atomic mass is 35.5. The van der Waals surface area contributed by atoms with Crippen molar-refractivity contribution in [2.45, 2.75) is 11.8 Å². The summed E-state index contributed by atoms with van der Waals surface area (Å²) in [7, 11) is 0. The Morgan fingerprint density at radius 2 is 1.33 bits per heavy atom. The van der Waals surface area contributed by atoms with Gasteiger partial charge in [0.1, 0.15) is 0 Å². The van der Waals surface area contributed by atoms with E-state index in [1.54, 1.807) is 12.1 Å². The number of ketones is 1. The highest BCUT2D eigenvalue weighted by Gasteiger charge is 2.55. The molecule has 5 heteroatoms. The van der Waals surface area contributed by atoms with Crippen LogP contribution < -0.4 is 0 Å². The molecule has 4 nitrogen and oxygen atoms in total. The van der Waals surface area contributed by atoms with Crippen molar-refractivity contribution in [3.8, 4) is 0 Å². The third-order valence-corrected chi connectivity index (χ3v) is 5.38. The van der Waals surface area contributed by atoms with E-state index >= 15 is 0 Å². The molecule has 1 aliphatic rings. The number of nitrogens with zero attached hydrogens (tertiary/aromatic N) is 1. The Kier molecular flexibility index (Phi) is 4.50. The van der Waals surface area contributed by atoms with Gasteiger partial charge in [-0.3, -0.25) is 14.9 Å². The van der Waals surface area contributed by atoms with E-state index in [4.69, 9.17) is 11.6 Å². The molecule has 0 aromatic heterocycles. The van der Waals surface area contributed by atoms with E-state index in [1.165, 1.54) is 12.1 Å². The van der Waals surface area contributed by atoms with Gasteiger partial charge in [-0.25, -0.2) is 0 Å². The van der Waals surface area contributed by atoms with Gasteiger partial charge in [-0.15, -0.1) is 0 Å².